The molecule has 2 saturated heterocycles. The van der Waals surface area contributed by atoms with Crippen LogP contribution in [0.5, 0.6) is 5.75 Å². The van der Waals surface area contributed by atoms with E-state index in [1.165, 1.54) is 6.07 Å². The van der Waals surface area contributed by atoms with E-state index in [9.17, 15) is 19.8 Å². The van der Waals surface area contributed by atoms with Gasteiger partial charge >= 0.3 is 0 Å². The molecular formula is C24H30ClNO5. The number of phenols is 1. The van der Waals surface area contributed by atoms with E-state index in [4.69, 9.17) is 16.3 Å². The molecule has 1 aromatic rings. The topological polar surface area (TPSA) is 87.1 Å². The number of hydrogen-bond donors (Lipinski definition) is 2. The van der Waals surface area contributed by atoms with Gasteiger partial charge in [-0.1, -0.05) is 43.9 Å². The summed E-state index contributed by atoms with van der Waals surface area (Å²) in [6, 6.07) is 4.71. The summed E-state index contributed by atoms with van der Waals surface area (Å²) in [7, 11) is 0. The standard InChI is InChI=1S/C24H30ClNO5/c1-2-13-10-17-21(23(29)26(22(17)28)14-6-4-3-5-7-14)18-12-20(31-24(13,18)30)16-9-8-15(27)11-19(16)25/h8-9,11,13-14,17-18,20-21,27,30H,2-7,10,12H2,1H3/t13-,17-,18-,20-,21-,24+/m0/s1. The lowest BCUT2D eigenvalue weighted by atomic mass is 9.64. The Morgan fingerprint density at radius 3 is 2.58 bits per heavy atom. The van der Waals surface area contributed by atoms with Crippen molar-refractivity contribution in [2.45, 2.75) is 76.2 Å². The second kappa shape index (κ2) is 7.75. The van der Waals surface area contributed by atoms with Crippen molar-refractivity contribution in [2.24, 2.45) is 23.7 Å². The minimum absolute atomic E-state index is 0.00261. The average molecular weight is 448 g/mol. The summed E-state index contributed by atoms with van der Waals surface area (Å²) >= 11 is 6.36. The summed E-state index contributed by atoms with van der Waals surface area (Å²) in [6.07, 6.45) is 6.09. The summed E-state index contributed by atoms with van der Waals surface area (Å²) in [4.78, 5) is 28.5. The van der Waals surface area contributed by atoms with Crippen molar-refractivity contribution in [3.63, 3.8) is 0 Å². The van der Waals surface area contributed by atoms with Crippen LogP contribution in [0.4, 0.5) is 0 Å². The van der Waals surface area contributed by atoms with Crippen molar-refractivity contribution >= 4 is 23.4 Å². The maximum absolute atomic E-state index is 13.6. The van der Waals surface area contributed by atoms with Crippen molar-refractivity contribution < 1.29 is 24.5 Å². The van der Waals surface area contributed by atoms with Crippen LogP contribution in [-0.4, -0.2) is 38.8 Å². The summed E-state index contributed by atoms with van der Waals surface area (Å²) in [5.41, 5.74) is 0.689. The number of nitrogens with zero attached hydrogens (tertiary/aromatic N) is 1. The normalized spacial score (nSPS) is 38.4. The zero-order valence-corrected chi connectivity index (χ0v) is 18.6. The Morgan fingerprint density at radius 1 is 1.16 bits per heavy atom. The van der Waals surface area contributed by atoms with Crippen LogP contribution in [0.3, 0.4) is 0 Å². The maximum Gasteiger partial charge on any atom is 0.233 e. The Balaban J connectivity index is 1.49. The number of rotatable bonds is 3. The fourth-order valence-corrected chi connectivity index (χ4v) is 6.94. The van der Waals surface area contributed by atoms with Gasteiger partial charge in [-0.3, -0.25) is 14.5 Å². The number of halogens is 1. The third-order valence-corrected chi connectivity index (χ3v) is 8.49. The number of hydrogen-bond acceptors (Lipinski definition) is 5. The molecule has 7 heteroatoms. The quantitative estimate of drug-likeness (QED) is 0.679. The van der Waals surface area contributed by atoms with E-state index < -0.39 is 23.7 Å². The predicted octanol–water partition coefficient (Wildman–Crippen LogP) is 4.18. The molecule has 2 heterocycles. The van der Waals surface area contributed by atoms with Crippen molar-refractivity contribution in [1.82, 2.24) is 4.90 Å². The van der Waals surface area contributed by atoms with Gasteiger partial charge < -0.3 is 14.9 Å². The summed E-state index contributed by atoms with van der Waals surface area (Å²) in [6.45, 7) is 1.99. The molecular weight excluding hydrogens is 418 g/mol. The molecule has 0 unspecified atom stereocenters. The molecule has 6 atom stereocenters. The number of aromatic hydroxyl groups is 1. The Hall–Kier alpha value is -1.63. The molecule has 0 bridgehead atoms. The summed E-state index contributed by atoms with van der Waals surface area (Å²) < 4.78 is 6.24. The molecule has 2 saturated carbocycles. The lowest BCUT2D eigenvalue weighted by molar-refractivity contribution is -0.269. The van der Waals surface area contributed by atoms with Crippen molar-refractivity contribution in [3.8, 4) is 5.75 Å². The number of carbonyl (C=O) groups excluding carboxylic acids is 2. The van der Waals surface area contributed by atoms with Crippen LogP contribution in [-0.2, 0) is 14.3 Å². The number of benzene rings is 1. The molecule has 6 nitrogen and oxygen atoms in total. The van der Waals surface area contributed by atoms with Crippen LogP contribution in [0.2, 0.25) is 5.02 Å². The van der Waals surface area contributed by atoms with E-state index in [1.54, 1.807) is 17.0 Å². The molecule has 2 N–H and O–H groups in total. The van der Waals surface area contributed by atoms with E-state index in [1.807, 2.05) is 6.92 Å². The fourth-order valence-electron chi connectivity index (χ4n) is 6.64. The highest BCUT2D eigenvalue weighted by molar-refractivity contribution is 6.31. The number of fused-ring (bicyclic) bond motifs is 3. The Morgan fingerprint density at radius 2 is 1.90 bits per heavy atom. The molecule has 0 aromatic heterocycles. The van der Waals surface area contributed by atoms with Crippen LogP contribution < -0.4 is 0 Å². The zero-order chi connectivity index (χ0) is 21.9. The van der Waals surface area contributed by atoms with Crippen LogP contribution >= 0.6 is 11.6 Å². The third-order valence-electron chi connectivity index (χ3n) is 8.16. The van der Waals surface area contributed by atoms with Gasteiger partial charge in [-0.15, -0.1) is 0 Å². The van der Waals surface area contributed by atoms with Gasteiger partial charge in [-0.05, 0) is 49.8 Å². The number of amides is 2. The number of imide groups is 1. The fraction of sp³-hybridized carbons (Fsp3) is 0.667. The molecule has 5 rings (SSSR count). The minimum atomic E-state index is -1.46. The molecule has 2 aliphatic carbocycles. The largest absolute Gasteiger partial charge is 0.508 e. The SMILES string of the molecule is CC[C@H]1C[C@@H]2C(=O)N(C3CCCCC3)C(=O)[C@@H]2[C@@H]2C[C@@H](c3ccc(O)cc3Cl)O[C@]12O. The van der Waals surface area contributed by atoms with Gasteiger partial charge in [0.05, 0.1) is 23.0 Å². The highest BCUT2D eigenvalue weighted by Crippen LogP contribution is 2.59. The average Bonchev–Trinajstić information content (AvgIpc) is 3.22. The summed E-state index contributed by atoms with van der Waals surface area (Å²) in [5, 5.41) is 21.8. The van der Waals surface area contributed by atoms with E-state index in [0.717, 1.165) is 32.1 Å². The van der Waals surface area contributed by atoms with Gasteiger partial charge in [0.15, 0.2) is 5.79 Å². The third kappa shape index (κ3) is 3.21. The number of aliphatic hydroxyl groups is 1. The van der Waals surface area contributed by atoms with E-state index in [2.05, 4.69) is 0 Å². The predicted molar refractivity (Wildman–Crippen MR) is 114 cm³/mol. The van der Waals surface area contributed by atoms with Crippen LogP contribution in [0.15, 0.2) is 18.2 Å². The Labute approximate surface area is 187 Å². The first-order valence-corrected chi connectivity index (χ1v) is 12.0. The lowest BCUT2D eigenvalue weighted by Crippen LogP contribution is -2.53. The van der Waals surface area contributed by atoms with Gasteiger partial charge in [0.2, 0.25) is 11.8 Å². The monoisotopic (exact) mass is 447 g/mol. The van der Waals surface area contributed by atoms with Crippen LogP contribution in [0.1, 0.15) is 70.0 Å². The van der Waals surface area contributed by atoms with E-state index in [-0.39, 0.29) is 35.4 Å². The molecule has 0 radical (unpaired) electrons. The van der Waals surface area contributed by atoms with Crippen molar-refractivity contribution in [1.29, 1.82) is 0 Å². The Bertz CT molecular complexity index is 900. The molecule has 31 heavy (non-hydrogen) atoms. The molecule has 4 fully saturated rings. The molecule has 1 aromatic carbocycles. The van der Waals surface area contributed by atoms with Gasteiger partial charge in [-0.25, -0.2) is 0 Å². The minimum Gasteiger partial charge on any atom is -0.508 e. The first kappa shape index (κ1) is 21.2. The van der Waals surface area contributed by atoms with E-state index in [0.29, 0.717) is 29.8 Å². The smallest absolute Gasteiger partial charge is 0.233 e. The lowest BCUT2D eigenvalue weighted by Gasteiger charge is -2.44. The molecule has 2 aliphatic heterocycles. The van der Waals surface area contributed by atoms with Crippen LogP contribution in [0, 0.1) is 23.7 Å². The van der Waals surface area contributed by atoms with Gasteiger partial charge in [-0.2, -0.15) is 0 Å². The second-order valence-corrected chi connectivity index (χ2v) is 10.1. The van der Waals surface area contributed by atoms with Gasteiger partial charge in [0.1, 0.15) is 5.75 Å². The van der Waals surface area contributed by atoms with E-state index >= 15 is 0 Å². The number of likely N-dealkylation sites (tertiary alicyclic amines) is 1. The second-order valence-electron chi connectivity index (χ2n) is 9.72. The number of carbonyl (C=O) groups is 2. The molecule has 2 amide bonds. The Kier molecular flexibility index (Phi) is 5.31. The van der Waals surface area contributed by atoms with Gasteiger partial charge in [0, 0.05) is 17.9 Å². The first-order valence-electron chi connectivity index (χ1n) is 11.6. The number of phenolic OH excluding ortho intramolecular Hbond substituents is 1. The summed E-state index contributed by atoms with van der Waals surface area (Å²) in [5.74, 6) is -3.15. The van der Waals surface area contributed by atoms with Crippen molar-refractivity contribution in [3.05, 3.63) is 28.8 Å². The highest BCUT2D eigenvalue weighted by Gasteiger charge is 2.66. The maximum atomic E-state index is 13.6. The highest BCUT2D eigenvalue weighted by atomic mass is 35.5. The van der Waals surface area contributed by atoms with Gasteiger partial charge in [0.25, 0.3) is 0 Å². The van der Waals surface area contributed by atoms with Crippen molar-refractivity contribution in [2.75, 3.05) is 0 Å². The molecule has 168 valence electrons. The first-order chi connectivity index (χ1) is 14.8. The van der Waals surface area contributed by atoms with Crippen LogP contribution in [0.25, 0.3) is 0 Å². The molecule has 0 spiro atoms. The zero-order valence-electron chi connectivity index (χ0n) is 17.8. The number of ether oxygens (including phenoxy) is 1. The molecule has 4 aliphatic rings.